The van der Waals surface area contributed by atoms with Crippen molar-refractivity contribution >= 4 is 11.4 Å². The molecule has 1 aromatic heterocycles. The van der Waals surface area contributed by atoms with E-state index in [1.54, 1.807) is 0 Å². The first-order valence-electron chi connectivity index (χ1n) is 9.59. The van der Waals surface area contributed by atoms with Gasteiger partial charge >= 0.3 is 0 Å². The first-order chi connectivity index (χ1) is 13.2. The zero-order chi connectivity index (χ0) is 19.2. The van der Waals surface area contributed by atoms with Crippen LogP contribution in [0.2, 0.25) is 0 Å². The predicted octanol–water partition coefficient (Wildman–Crippen LogP) is 4.23. The number of anilines is 1. The number of aliphatic hydroxyl groups excluding tert-OH is 1. The lowest BCUT2D eigenvalue weighted by Gasteiger charge is -2.22. The summed E-state index contributed by atoms with van der Waals surface area (Å²) in [5.41, 5.74) is 5.04. The molecule has 0 fully saturated rings. The summed E-state index contributed by atoms with van der Waals surface area (Å²) in [4.78, 5) is 7.12. The Bertz CT molecular complexity index is 781. The summed E-state index contributed by atoms with van der Waals surface area (Å²) >= 11 is 0. The molecule has 3 rings (SSSR count). The molecular formula is C22H27FN2O2. The normalized spacial score (nSPS) is 14.3. The van der Waals surface area contributed by atoms with Gasteiger partial charge in [-0.05, 0) is 57.0 Å². The van der Waals surface area contributed by atoms with E-state index in [-0.39, 0.29) is 6.61 Å². The molecule has 1 unspecified atom stereocenters. The van der Waals surface area contributed by atoms with E-state index in [0.29, 0.717) is 5.76 Å². The van der Waals surface area contributed by atoms with Crippen molar-refractivity contribution in [3.8, 4) is 11.3 Å². The van der Waals surface area contributed by atoms with Gasteiger partial charge in [-0.2, -0.15) is 0 Å². The third-order valence-corrected chi connectivity index (χ3v) is 4.91. The fourth-order valence-electron chi connectivity index (χ4n) is 3.37. The summed E-state index contributed by atoms with van der Waals surface area (Å²) in [6.45, 7) is 5.21. The minimum absolute atomic E-state index is 0.340. The van der Waals surface area contributed by atoms with Crippen LogP contribution in [0.3, 0.4) is 0 Å². The molecule has 0 saturated carbocycles. The standard InChI is InChI=1S/C22H27FN2O2/c1-3-25(4-2)17-10-8-16(9-11-17)20-13-12-19-21(24-20)6-5-7-22(19)27-18(14-23)15-26/h7-13,18,26H,3-6,14-15H2,1-2H3. The molecule has 4 nitrogen and oxygen atoms in total. The van der Waals surface area contributed by atoms with Gasteiger partial charge in [-0.25, -0.2) is 4.39 Å². The molecular weight excluding hydrogens is 343 g/mol. The van der Waals surface area contributed by atoms with Crippen molar-refractivity contribution in [2.24, 2.45) is 0 Å². The number of hydrogen-bond donors (Lipinski definition) is 1. The van der Waals surface area contributed by atoms with Gasteiger partial charge < -0.3 is 14.7 Å². The number of alkyl halides is 1. The number of ether oxygens (including phenoxy) is 1. The number of halogens is 1. The number of rotatable bonds is 8. The molecule has 5 heteroatoms. The van der Waals surface area contributed by atoms with Crippen LogP contribution in [0.1, 0.15) is 31.5 Å². The lowest BCUT2D eigenvalue weighted by atomic mass is 9.99. The second-order valence-electron chi connectivity index (χ2n) is 6.59. The first-order valence-corrected chi connectivity index (χ1v) is 9.59. The van der Waals surface area contributed by atoms with E-state index in [9.17, 15) is 9.50 Å². The van der Waals surface area contributed by atoms with Crippen LogP contribution in [0.15, 0.2) is 42.5 Å². The van der Waals surface area contributed by atoms with Crippen molar-refractivity contribution in [3.63, 3.8) is 0 Å². The van der Waals surface area contributed by atoms with E-state index in [2.05, 4.69) is 43.0 Å². The first kappa shape index (κ1) is 19.4. The van der Waals surface area contributed by atoms with Crippen LogP contribution >= 0.6 is 0 Å². The molecule has 2 aromatic rings. The molecule has 1 aromatic carbocycles. The van der Waals surface area contributed by atoms with Gasteiger partial charge in [-0.1, -0.05) is 12.1 Å². The predicted molar refractivity (Wildman–Crippen MR) is 107 cm³/mol. The van der Waals surface area contributed by atoms with Gasteiger partial charge in [0.1, 0.15) is 18.5 Å². The van der Waals surface area contributed by atoms with E-state index < -0.39 is 12.8 Å². The molecule has 0 amide bonds. The lowest BCUT2D eigenvalue weighted by molar-refractivity contribution is 0.0710. The highest BCUT2D eigenvalue weighted by atomic mass is 19.1. The smallest absolute Gasteiger partial charge is 0.150 e. The van der Waals surface area contributed by atoms with Crippen LogP contribution in [-0.4, -0.2) is 42.6 Å². The largest absolute Gasteiger partial charge is 0.485 e. The van der Waals surface area contributed by atoms with Crippen molar-refractivity contribution in [2.45, 2.75) is 32.8 Å². The molecule has 0 spiro atoms. The second kappa shape index (κ2) is 9.00. The number of aryl methyl sites for hydroxylation is 1. The fourth-order valence-corrected chi connectivity index (χ4v) is 3.37. The summed E-state index contributed by atoms with van der Waals surface area (Å²) in [7, 11) is 0. The second-order valence-corrected chi connectivity index (χ2v) is 6.59. The van der Waals surface area contributed by atoms with Crippen LogP contribution < -0.4 is 4.90 Å². The summed E-state index contributed by atoms with van der Waals surface area (Å²) in [6, 6.07) is 12.4. The fraction of sp³-hybridized carbons (Fsp3) is 0.409. The van der Waals surface area contributed by atoms with E-state index >= 15 is 0 Å². The number of aliphatic hydroxyl groups is 1. The van der Waals surface area contributed by atoms with Gasteiger partial charge in [0.2, 0.25) is 0 Å². The Kier molecular flexibility index (Phi) is 6.45. The highest BCUT2D eigenvalue weighted by molar-refractivity contribution is 5.69. The van der Waals surface area contributed by atoms with Gasteiger partial charge in [0, 0.05) is 29.9 Å². The van der Waals surface area contributed by atoms with Crippen LogP contribution in [0.5, 0.6) is 0 Å². The van der Waals surface area contributed by atoms with E-state index in [1.807, 2.05) is 18.2 Å². The molecule has 0 saturated heterocycles. The Morgan fingerprint density at radius 3 is 2.52 bits per heavy atom. The zero-order valence-corrected chi connectivity index (χ0v) is 16.0. The SMILES string of the molecule is CCN(CC)c1ccc(-c2ccc3c(n2)CCC=C3OC(CO)CF)cc1. The number of benzene rings is 1. The monoisotopic (exact) mass is 370 g/mol. The maximum Gasteiger partial charge on any atom is 0.150 e. The number of aromatic nitrogens is 1. The Morgan fingerprint density at radius 1 is 1.15 bits per heavy atom. The number of hydrogen-bond acceptors (Lipinski definition) is 4. The van der Waals surface area contributed by atoms with Crippen molar-refractivity contribution in [3.05, 3.63) is 53.7 Å². The summed E-state index contributed by atoms with van der Waals surface area (Å²) in [6.07, 6.45) is 2.74. The molecule has 0 aliphatic heterocycles. The Morgan fingerprint density at radius 2 is 1.89 bits per heavy atom. The molecule has 0 bridgehead atoms. The van der Waals surface area contributed by atoms with Crippen molar-refractivity contribution < 1.29 is 14.2 Å². The zero-order valence-electron chi connectivity index (χ0n) is 16.0. The summed E-state index contributed by atoms with van der Waals surface area (Å²) in [5, 5.41) is 9.18. The quantitative estimate of drug-likeness (QED) is 0.755. The Balaban J connectivity index is 1.83. The molecule has 1 heterocycles. The van der Waals surface area contributed by atoms with Crippen LogP contribution in [0, 0.1) is 0 Å². The van der Waals surface area contributed by atoms with Gasteiger partial charge in [0.25, 0.3) is 0 Å². The third-order valence-electron chi connectivity index (χ3n) is 4.91. The number of pyridine rings is 1. The average molecular weight is 370 g/mol. The maximum atomic E-state index is 12.9. The minimum Gasteiger partial charge on any atom is -0.485 e. The van der Waals surface area contributed by atoms with Gasteiger partial charge in [-0.15, -0.1) is 0 Å². The summed E-state index contributed by atoms with van der Waals surface area (Å²) < 4.78 is 18.5. The molecule has 27 heavy (non-hydrogen) atoms. The number of nitrogens with zero attached hydrogens (tertiary/aromatic N) is 2. The van der Waals surface area contributed by atoms with Crippen LogP contribution in [0.4, 0.5) is 10.1 Å². The van der Waals surface area contributed by atoms with Crippen LogP contribution in [-0.2, 0) is 11.2 Å². The molecule has 0 radical (unpaired) electrons. The molecule has 1 aliphatic rings. The molecule has 1 aliphatic carbocycles. The highest BCUT2D eigenvalue weighted by Gasteiger charge is 2.19. The lowest BCUT2D eigenvalue weighted by Crippen LogP contribution is -2.21. The minimum atomic E-state index is -0.825. The summed E-state index contributed by atoms with van der Waals surface area (Å²) in [5.74, 6) is 0.615. The third kappa shape index (κ3) is 4.30. The highest BCUT2D eigenvalue weighted by Crippen LogP contribution is 2.30. The van der Waals surface area contributed by atoms with Crippen molar-refractivity contribution in [1.82, 2.24) is 4.98 Å². The molecule has 1 atom stereocenters. The van der Waals surface area contributed by atoms with E-state index in [0.717, 1.165) is 48.4 Å². The van der Waals surface area contributed by atoms with Gasteiger partial charge in [0.15, 0.2) is 0 Å². The molecule has 144 valence electrons. The Hall–Kier alpha value is -2.40. The number of fused-ring (bicyclic) bond motifs is 1. The maximum absolute atomic E-state index is 12.9. The average Bonchev–Trinajstić information content (AvgIpc) is 2.73. The van der Waals surface area contributed by atoms with E-state index in [4.69, 9.17) is 9.72 Å². The Labute approximate surface area is 160 Å². The topological polar surface area (TPSA) is 45.6 Å². The van der Waals surface area contributed by atoms with Crippen molar-refractivity contribution in [2.75, 3.05) is 31.3 Å². The number of allylic oxidation sites excluding steroid dienone is 1. The van der Waals surface area contributed by atoms with Gasteiger partial charge in [0.05, 0.1) is 18.0 Å². The van der Waals surface area contributed by atoms with E-state index in [1.165, 1.54) is 5.69 Å². The van der Waals surface area contributed by atoms with Gasteiger partial charge in [-0.3, -0.25) is 4.98 Å². The van der Waals surface area contributed by atoms with Crippen molar-refractivity contribution in [1.29, 1.82) is 0 Å². The van der Waals surface area contributed by atoms with Crippen LogP contribution in [0.25, 0.3) is 17.0 Å². The molecule has 1 N–H and O–H groups in total.